The second-order valence-electron chi connectivity index (χ2n) is 9.31. The standard InChI is InChI=1S/C26H34N4O/c31-26(27-19-21-13-14-30(20-21)24-11-12-24)29-17-15-28(16-18-29)25(22-7-3-1-4-8-22)23-9-5-2-6-10-23/h1-10,21,24-25H,11-20H2,(H,27,31). The number of urea groups is 1. The van der Waals surface area contributed by atoms with Crippen molar-refractivity contribution in [1.29, 1.82) is 0 Å². The minimum atomic E-state index is 0.112. The van der Waals surface area contributed by atoms with Crippen molar-refractivity contribution in [3.8, 4) is 0 Å². The van der Waals surface area contributed by atoms with Crippen molar-refractivity contribution < 1.29 is 4.79 Å². The second kappa shape index (κ2) is 9.41. The fourth-order valence-electron chi connectivity index (χ4n) is 5.21. The van der Waals surface area contributed by atoms with Crippen LogP contribution in [0.2, 0.25) is 0 Å². The van der Waals surface area contributed by atoms with Crippen LogP contribution in [0.15, 0.2) is 60.7 Å². The van der Waals surface area contributed by atoms with Crippen molar-refractivity contribution in [1.82, 2.24) is 20.0 Å². The van der Waals surface area contributed by atoms with E-state index in [1.165, 1.54) is 36.9 Å². The van der Waals surface area contributed by atoms with Gasteiger partial charge in [-0.2, -0.15) is 0 Å². The van der Waals surface area contributed by atoms with Crippen LogP contribution >= 0.6 is 0 Å². The molecule has 1 unspecified atom stereocenters. The molecule has 2 saturated heterocycles. The molecule has 2 aromatic carbocycles. The van der Waals surface area contributed by atoms with Crippen LogP contribution in [0.5, 0.6) is 0 Å². The molecule has 1 saturated carbocycles. The average Bonchev–Trinajstić information content (AvgIpc) is 3.57. The predicted molar refractivity (Wildman–Crippen MR) is 124 cm³/mol. The highest BCUT2D eigenvalue weighted by Gasteiger charge is 2.34. The van der Waals surface area contributed by atoms with Crippen LogP contribution in [-0.4, -0.2) is 72.6 Å². The van der Waals surface area contributed by atoms with Gasteiger partial charge in [0.2, 0.25) is 0 Å². The van der Waals surface area contributed by atoms with Gasteiger partial charge in [-0.05, 0) is 42.9 Å². The maximum atomic E-state index is 12.8. The van der Waals surface area contributed by atoms with Gasteiger partial charge in [0.05, 0.1) is 6.04 Å². The zero-order valence-electron chi connectivity index (χ0n) is 18.3. The van der Waals surface area contributed by atoms with Crippen LogP contribution in [0.1, 0.15) is 36.4 Å². The molecule has 0 radical (unpaired) electrons. The summed E-state index contributed by atoms with van der Waals surface area (Å²) in [5.41, 5.74) is 2.63. The van der Waals surface area contributed by atoms with E-state index in [9.17, 15) is 4.79 Å². The van der Waals surface area contributed by atoms with Crippen LogP contribution < -0.4 is 5.32 Å². The van der Waals surface area contributed by atoms with Gasteiger partial charge < -0.3 is 15.1 Å². The average molecular weight is 419 g/mol. The molecule has 2 amide bonds. The smallest absolute Gasteiger partial charge is 0.317 e. The van der Waals surface area contributed by atoms with Gasteiger partial charge in [-0.1, -0.05) is 60.7 Å². The van der Waals surface area contributed by atoms with E-state index in [4.69, 9.17) is 0 Å². The molecule has 164 valence electrons. The van der Waals surface area contributed by atoms with Crippen LogP contribution in [0, 0.1) is 5.92 Å². The van der Waals surface area contributed by atoms with E-state index in [1.807, 2.05) is 4.90 Å². The van der Waals surface area contributed by atoms with Crippen LogP contribution in [-0.2, 0) is 0 Å². The Hall–Kier alpha value is -2.37. The van der Waals surface area contributed by atoms with Crippen molar-refractivity contribution in [2.45, 2.75) is 31.3 Å². The second-order valence-corrected chi connectivity index (χ2v) is 9.31. The lowest BCUT2D eigenvalue weighted by molar-refractivity contribution is 0.120. The summed E-state index contributed by atoms with van der Waals surface area (Å²) >= 11 is 0. The van der Waals surface area contributed by atoms with Crippen LogP contribution in [0.3, 0.4) is 0 Å². The van der Waals surface area contributed by atoms with E-state index in [1.54, 1.807) is 0 Å². The normalized spacial score (nSPS) is 22.7. The van der Waals surface area contributed by atoms with Gasteiger partial charge in [-0.15, -0.1) is 0 Å². The lowest BCUT2D eigenvalue weighted by Gasteiger charge is -2.39. The third-order valence-electron chi connectivity index (χ3n) is 7.12. The molecular weight excluding hydrogens is 384 g/mol. The van der Waals surface area contributed by atoms with E-state index in [0.717, 1.165) is 45.3 Å². The third-order valence-corrected chi connectivity index (χ3v) is 7.12. The molecule has 3 fully saturated rings. The zero-order valence-corrected chi connectivity index (χ0v) is 18.3. The third kappa shape index (κ3) is 4.94. The summed E-state index contributed by atoms with van der Waals surface area (Å²) in [5.74, 6) is 0.617. The first-order valence-electron chi connectivity index (χ1n) is 11.9. The Kier molecular flexibility index (Phi) is 6.23. The summed E-state index contributed by atoms with van der Waals surface area (Å²) in [6, 6.07) is 22.6. The van der Waals surface area contributed by atoms with E-state index in [0.29, 0.717) is 5.92 Å². The number of nitrogens with one attached hydrogen (secondary N) is 1. The Morgan fingerprint density at radius 3 is 2.03 bits per heavy atom. The highest BCUT2D eigenvalue weighted by molar-refractivity contribution is 5.74. The number of likely N-dealkylation sites (tertiary alicyclic amines) is 1. The quantitative estimate of drug-likeness (QED) is 0.779. The summed E-state index contributed by atoms with van der Waals surface area (Å²) in [5, 5.41) is 3.22. The number of piperazine rings is 1. The topological polar surface area (TPSA) is 38.8 Å². The molecule has 0 aromatic heterocycles. The predicted octanol–water partition coefficient (Wildman–Crippen LogP) is 3.59. The fourth-order valence-corrected chi connectivity index (χ4v) is 5.21. The molecule has 0 spiro atoms. The molecule has 5 nitrogen and oxygen atoms in total. The van der Waals surface area contributed by atoms with Gasteiger partial charge in [0.1, 0.15) is 0 Å². The fraction of sp³-hybridized carbons (Fsp3) is 0.500. The number of benzene rings is 2. The maximum Gasteiger partial charge on any atom is 0.317 e. The summed E-state index contributed by atoms with van der Waals surface area (Å²) in [4.78, 5) is 19.9. The lowest BCUT2D eigenvalue weighted by atomic mass is 9.96. The zero-order chi connectivity index (χ0) is 21.0. The number of hydrogen-bond donors (Lipinski definition) is 1. The Labute approximate surface area is 186 Å². The number of carbonyl (C=O) groups excluding carboxylic acids is 1. The summed E-state index contributed by atoms with van der Waals surface area (Å²) < 4.78 is 0. The molecule has 5 heteroatoms. The Morgan fingerprint density at radius 1 is 0.839 bits per heavy atom. The minimum absolute atomic E-state index is 0.112. The van der Waals surface area contributed by atoms with Gasteiger partial charge in [0, 0.05) is 45.3 Å². The first kappa shape index (κ1) is 20.5. The summed E-state index contributed by atoms with van der Waals surface area (Å²) in [6.07, 6.45) is 3.97. The summed E-state index contributed by atoms with van der Waals surface area (Å²) in [7, 11) is 0. The Bertz CT molecular complexity index is 807. The summed E-state index contributed by atoms with van der Waals surface area (Å²) in [6.45, 7) is 6.53. The highest BCUT2D eigenvalue weighted by atomic mass is 16.2. The van der Waals surface area contributed by atoms with E-state index < -0.39 is 0 Å². The van der Waals surface area contributed by atoms with Crippen molar-refractivity contribution in [3.63, 3.8) is 0 Å². The largest absolute Gasteiger partial charge is 0.338 e. The number of carbonyl (C=O) groups is 1. The lowest BCUT2D eigenvalue weighted by Crippen LogP contribution is -2.53. The number of amides is 2. The Morgan fingerprint density at radius 2 is 1.45 bits per heavy atom. The van der Waals surface area contributed by atoms with Gasteiger partial charge in [-0.25, -0.2) is 4.79 Å². The molecule has 1 aliphatic carbocycles. The molecule has 1 atom stereocenters. The SMILES string of the molecule is O=C(NCC1CCN(C2CC2)C1)N1CCN(C(c2ccccc2)c2ccccc2)CC1. The maximum absolute atomic E-state index is 12.8. The molecule has 31 heavy (non-hydrogen) atoms. The van der Waals surface area contributed by atoms with E-state index >= 15 is 0 Å². The first-order chi connectivity index (χ1) is 15.3. The van der Waals surface area contributed by atoms with Gasteiger partial charge >= 0.3 is 6.03 Å². The van der Waals surface area contributed by atoms with E-state index in [2.05, 4.69) is 75.8 Å². The molecule has 2 heterocycles. The van der Waals surface area contributed by atoms with E-state index in [-0.39, 0.29) is 12.1 Å². The first-order valence-corrected chi connectivity index (χ1v) is 11.9. The number of hydrogen-bond acceptors (Lipinski definition) is 3. The van der Waals surface area contributed by atoms with Crippen molar-refractivity contribution >= 4 is 6.03 Å². The molecule has 0 bridgehead atoms. The van der Waals surface area contributed by atoms with Gasteiger partial charge in [0.25, 0.3) is 0 Å². The Balaban J connectivity index is 1.15. The highest BCUT2D eigenvalue weighted by Crippen LogP contribution is 2.32. The van der Waals surface area contributed by atoms with Crippen LogP contribution in [0.4, 0.5) is 4.79 Å². The van der Waals surface area contributed by atoms with Gasteiger partial charge in [-0.3, -0.25) is 4.90 Å². The minimum Gasteiger partial charge on any atom is -0.338 e. The monoisotopic (exact) mass is 418 g/mol. The molecular formula is C26H34N4O. The number of rotatable bonds is 6. The molecule has 2 aliphatic heterocycles. The molecule has 1 N–H and O–H groups in total. The van der Waals surface area contributed by atoms with Crippen molar-refractivity contribution in [2.75, 3.05) is 45.8 Å². The van der Waals surface area contributed by atoms with Gasteiger partial charge in [0.15, 0.2) is 0 Å². The molecule has 3 aliphatic rings. The van der Waals surface area contributed by atoms with Crippen LogP contribution in [0.25, 0.3) is 0 Å². The van der Waals surface area contributed by atoms with Crippen molar-refractivity contribution in [2.24, 2.45) is 5.92 Å². The van der Waals surface area contributed by atoms with Crippen molar-refractivity contribution in [3.05, 3.63) is 71.8 Å². The number of nitrogens with zero attached hydrogens (tertiary/aromatic N) is 3. The molecule has 5 rings (SSSR count). The molecule has 2 aromatic rings.